The van der Waals surface area contributed by atoms with E-state index in [1.54, 1.807) is 24.4 Å². The number of ether oxygens (including phenoxy) is 1. The Morgan fingerprint density at radius 2 is 1.97 bits per heavy atom. The fourth-order valence-corrected chi connectivity index (χ4v) is 4.27. The van der Waals surface area contributed by atoms with Crippen molar-refractivity contribution in [2.45, 2.75) is 18.9 Å². The molecule has 0 aliphatic heterocycles. The summed E-state index contributed by atoms with van der Waals surface area (Å²) in [7, 11) is 1.30. The van der Waals surface area contributed by atoms with Crippen LogP contribution in [-0.2, 0) is 11.2 Å². The third-order valence-electron chi connectivity index (χ3n) is 5.73. The van der Waals surface area contributed by atoms with Crippen LogP contribution in [0.15, 0.2) is 67.0 Å². The van der Waals surface area contributed by atoms with Gasteiger partial charge in [0.15, 0.2) is 0 Å². The van der Waals surface area contributed by atoms with Crippen LogP contribution in [0.25, 0.3) is 22.2 Å². The smallest absolute Gasteiger partial charge is 0.434 e. The van der Waals surface area contributed by atoms with E-state index in [2.05, 4.69) is 32.8 Å². The van der Waals surface area contributed by atoms with Gasteiger partial charge in [-0.1, -0.05) is 30.3 Å². The van der Waals surface area contributed by atoms with E-state index < -0.39 is 6.09 Å². The number of anilines is 1. The molecule has 8 heteroatoms. The molecule has 2 heterocycles. The molecule has 8 nitrogen and oxygen atoms in total. The molecule has 0 fully saturated rings. The van der Waals surface area contributed by atoms with Gasteiger partial charge in [0.05, 0.1) is 36.2 Å². The van der Waals surface area contributed by atoms with Gasteiger partial charge in [0.2, 0.25) is 0 Å². The number of methoxy groups -OCH3 is 1. The maximum Gasteiger partial charge on any atom is 0.434 e. The minimum Gasteiger partial charge on any atom is -0.451 e. The number of nitrogens with one attached hydrogen (secondary N) is 2. The number of urea groups is 1. The van der Waals surface area contributed by atoms with Crippen LogP contribution in [0.1, 0.15) is 23.6 Å². The fraction of sp³-hybridized carbons (Fsp3) is 0.167. The highest BCUT2D eigenvalue weighted by molar-refractivity contribution is 6.02. The summed E-state index contributed by atoms with van der Waals surface area (Å²) in [6, 6.07) is 16.9. The van der Waals surface area contributed by atoms with Crippen molar-refractivity contribution in [3.05, 3.63) is 78.1 Å². The van der Waals surface area contributed by atoms with Crippen LogP contribution in [0.5, 0.6) is 0 Å². The molecule has 2 amide bonds. The van der Waals surface area contributed by atoms with Crippen LogP contribution < -0.4 is 10.6 Å². The minimum absolute atomic E-state index is 0.0920. The van der Waals surface area contributed by atoms with Crippen LogP contribution in [-0.4, -0.2) is 34.0 Å². The first kappa shape index (κ1) is 19.7. The zero-order valence-corrected chi connectivity index (χ0v) is 17.4. The maximum absolute atomic E-state index is 12.8. The Balaban J connectivity index is 1.36. The van der Waals surface area contributed by atoms with Crippen molar-refractivity contribution in [1.29, 1.82) is 0 Å². The average Bonchev–Trinajstić information content (AvgIpc) is 3.44. The number of amides is 2. The van der Waals surface area contributed by atoms with Crippen molar-refractivity contribution in [1.82, 2.24) is 20.1 Å². The number of hydrogen-bond donors (Lipinski definition) is 2. The van der Waals surface area contributed by atoms with E-state index in [-0.39, 0.29) is 12.1 Å². The van der Waals surface area contributed by atoms with Gasteiger partial charge in [0, 0.05) is 17.1 Å². The maximum atomic E-state index is 12.8. The minimum atomic E-state index is -0.590. The molecule has 2 aromatic heterocycles. The number of aromatic nitrogens is 3. The summed E-state index contributed by atoms with van der Waals surface area (Å²) in [5.74, 6) is 0. The van der Waals surface area contributed by atoms with Crippen LogP contribution in [0.2, 0.25) is 0 Å². The predicted molar refractivity (Wildman–Crippen MR) is 120 cm³/mol. The van der Waals surface area contributed by atoms with E-state index in [9.17, 15) is 9.59 Å². The van der Waals surface area contributed by atoms with Crippen LogP contribution in [0.4, 0.5) is 15.3 Å². The largest absolute Gasteiger partial charge is 0.451 e. The molecule has 160 valence electrons. The molecule has 2 aromatic carbocycles. The lowest BCUT2D eigenvalue weighted by atomic mass is 9.99. The number of fused-ring (bicyclic) bond motifs is 2. The number of benzene rings is 2. The van der Waals surface area contributed by atoms with Crippen molar-refractivity contribution < 1.29 is 14.3 Å². The Morgan fingerprint density at radius 1 is 1.09 bits per heavy atom. The second-order valence-corrected chi connectivity index (χ2v) is 7.54. The molecule has 1 unspecified atom stereocenters. The van der Waals surface area contributed by atoms with E-state index in [0.717, 1.165) is 34.3 Å². The number of carbonyl (C=O) groups is 2. The summed E-state index contributed by atoms with van der Waals surface area (Å²) in [6.07, 6.45) is 4.42. The van der Waals surface area contributed by atoms with E-state index in [1.807, 2.05) is 24.3 Å². The van der Waals surface area contributed by atoms with Crippen molar-refractivity contribution >= 4 is 28.7 Å². The Labute approximate surface area is 184 Å². The summed E-state index contributed by atoms with van der Waals surface area (Å²) in [6.45, 7) is 0. The summed E-state index contributed by atoms with van der Waals surface area (Å²) in [4.78, 5) is 29.2. The first-order valence-corrected chi connectivity index (χ1v) is 10.3. The summed E-state index contributed by atoms with van der Waals surface area (Å²) >= 11 is 0. The van der Waals surface area contributed by atoms with Gasteiger partial charge >= 0.3 is 12.1 Å². The Bertz CT molecular complexity index is 1320. The topological polar surface area (TPSA) is 98.1 Å². The average molecular weight is 427 g/mol. The third-order valence-corrected chi connectivity index (χ3v) is 5.73. The summed E-state index contributed by atoms with van der Waals surface area (Å²) in [5.41, 5.74) is 5.49. The van der Waals surface area contributed by atoms with Crippen LogP contribution in [0, 0.1) is 0 Å². The van der Waals surface area contributed by atoms with Gasteiger partial charge in [-0.15, -0.1) is 0 Å². The predicted octanol–water partition coefficient (Wildman–Crippen LogP) is 4.52. The van der Waals surface area contributed by atoms with Gasteiger partial charge < -0.3 is 15.4 Å². The molecule has 1 aliphatic carbocycles. The van der Waals surface area contributed by atoms with Crippen molar-refractivity contribution in [2.75, 3.05) is 12.4 Å². The van der Waals surface area contributed by atoms with Crippen molar-refractivity contribution in [2.24, 2.45) is 0 Å². The normalized spacial score (nSPS) is 14.7. The number of nitrogens with zero attached hydrogens (tertiary/aromatic N) is 3. The highest BCUT2D eigenvalue weighted by Gasteiger charge is 2.26. The van der Waals surface area contributed by atoms with Gasteiger partial charge in [-0.3, -0.25) is 4.98 Å². The molecule has 0 saturated heterocycles. The van der Waals surface area contributed by atoms with Crippen molar-refractivity contribution in [3.8, 4) is 11.3 Å². The monoisotopic (exact) mass is 427 g/mol. The number of pyridine rings is 1. The number of hydrogen-bond acceptors (Lipinski definition) is 5. The lowest BCUT2D eigenvalue weighted by molar-refractivity contribution is 0.170. The highest BCUT2D eigenvalue weighted by atomic mass is 16.5. The molecule has 0 radical (unpaired) electrons. The Morgan fingerprint density at radius 3 is 2.78 bits per heavy atom. The molecule has 0 spiro atoms. The highest BCUT2D eigenvalue weighted by Crippen LogP contribution is 2.37. The Kier molecular flexibility index (Phi) is 5.03. The lowest BCUT2D eigenvalue weighted by Crippen LogP contribution is -2.31. The first-order chi connectivity index (χ1) is 15.7. The molecular formula is C24H21N5O3. The van der Waals surface area contributed by atoms with Gasteiger partial charge in [0.25, 0.3) is 0 Å². The van der Waals surface area contributed by atoms with E-state index >= 15 is 0 Å². The molecule has 4 aromatic rings. The molecule has 2 N–H and O–H groups in total. The molecular weight excluding hydrogens is 406 g/mol. The molecule has 5 rings (SSSR count). The molecule has 1 atom stereocenters. The Hall–Kier alpha value is -4.20. The van der Waals surface area contributed by atoms with Crippen molar-refractivity contribution in [3.63, 3.8) is 0 Å². The number of carbonyl (C=O) groups excluding carboxylic acids is 2. The summed E-state index contributed by atoms with van der Waals surface area (Å²) in [5, 5.41) is 10.7. The molecule has 0 bridgehead atoms. The molecule has 0 saturated carbocycles. The molecule has 32 heavy (non-hydrogen) atoms. The van der Waals surface area contributed by atoms with Gasteiger partial charge in [-0.25, -0.2) is 9.59 Å². The standard InChI is InChI=1S/C24H21N5O3/c1-32-24(31)29-22-10-5-9-20(18(22)14-26-29)27-23(30)28-21-12-11-15-16(6-4-7-17(15)21)19-8-2-3-13-25-19/h2-10,13-14,21H,11-12H2,1H3,(H2,27,28,30). The zero-order chi connectivity index (χ0) is 22.1. The second-order valence-electron chi connectivity index (χ2n) is 7.54. The second kappa shape index (κ2) is 8.14. The van der Waals surface area contributed by atoms with Crippen LogP contribution in [0.3, 0.4) is 0 Å². The zero-order valence-electron chi connectivity index (χ0n) is 17.4. The fourth-order valence-electron chi connectivity index (χ4n) is 4.27. The SMILES string of the molecule is COC(=O)n1ncc2c(NC(=O)NC3CCc4c(-c5ccccn5)cccc43)cccc21. The van der Waals surface area contributed by atoms with Crippen LogP contribution >= 0.6 is 0 Å². The van der Waals surface area contributed by atoms with Gasteiger partial charge in [-0.2, -0.15) is 9.78 Å². The third kappa shape index (κ3) is 3.45. The first-order valence-electron chi connectivity index (χ1n) is 10.3. The van der Waals surface area contributed by atoms with Gasteiger partial charge in [0.1, 0.15) is 0 Å². The van der Waals surface area contributed by atoms with E-state index in [4.69, 9.17) is 4.74 Å². The number of rotatable bonds is 3. The quantitative estimate of drug-likeness (QED) is 0.501. The summed E-state index contributed by atoms with van der Waals surface area (Å²) < 4.78 is 5.90. The van der Waals surface area contributed by atoms with E-state index in [1.165, 1.54) is 18.9 Å². The van der Waals surface area contributed by atoms with E-state index in [0.29, 0.717) is 16.6 Å². The van der Waals surface area contributed by atoms with Gasteiger partial charge in [-0.05, 0) is 48.2 Å². The lowest BCUT2D eigenvalue weighted by Gasteiger charge is -2.16. The molecule has 1 aliphatic rings.